The lowest BCUT2D eigenvalue weighted by Gasteiger charge is -2.05. The van der Waals surface area contributed by atoms with Gasteiger partial charge in [0.15, 0.2) is 5.78 Å². The molecular formula is C18H26O. The normalized spacial score (nSPS) is 20.3. The highest BCUT2D eigenvalue weighted by atomic mass is 16.1. The molecule has 1 saturated carbocycles. The third kappa shape index (κ3) is 2.35. The molecule has 1 nitrogen and oxygen atoms in total. The van der Waals surface area contributed by atoms with Crippen LogP contribution in [0.2, 0.25) is 0 Å². The number of hydrogen-bond donors (Lipinski definition) is 0. The van der Waals surface area contributed by atoms with E-state index < -0.39 is 0 Å². The van der Waals surface area contributed by atoms with Gasteiger partial charge < -0.3 is 0 Å². The SMILES string of the molecule is CCCCc1ccc(C(=O)C2C(C)(C)C2(C)C)cc1. The van der Waals surface area contributed by atoms with Gasteiger partial charge in [-0.3, -0.25) is 4.79 Å². The zero-order chi connectivity index (χ0) is 14.3. The number of unbranched alkanes of at least 4 members (excludes halogenated alkanes) is 1. The first-order chi connectivity index (χ1) is 8.82. The number of aryl methyl sites for hydroxylation is 1. The van der Waals surface area contributed by atoms with Crippen LogP contribution < -0.4 is 0 Å². The molecule has 1 fully saturated rings. The van der Waals surface area contributed by atoms with Crippen LogP contribution in [0, 0.1) is 16.7 Å². The Hall–Kier alpha value is -1.11. The van der Waals surface area contributed by atoms with E-state index in [4.69, 9.17) is 0 Å². The van der Waals surface area contributed by atoms with Crippen LogP contribution in [0.4, 0.5) is 0 Å². The Bertz CT molecular complexity index is 451. The van der Waals surface area contributed by atoms with Crippen LogP contribution in [0.5, 0.6) is 0 Å². The highest BCUT2D eigenvalue weighted by Crippen LogP contribution is 2.69. The second kappa shape index (κ2) is 4.77. The Kier molecular flexibility index (Phi) is 3.59. The fourth-order valence-corrected chi connectivity index (χ4v) is 3.24. The molecule has 0 unspecified atom stereocenters. The van der Waals surface area contributed by atoms with Crippen molar-refractivity contribution in [2.45, 2.75) is 53.9 Å². The first kappa shape index (κ1) is 14.3. The Balaban J connectivity index is 2.09. The molecule has 0 heterocycles. The summed E-state index contributed by atoms with van der Waals surface area (Å²) in [6.45, 7) is 11.0. The largest absolute Gasteiger partial charge is 0.294 e. The van der Waals surface area contributed by atoms with E-state index >= 15 is 0 Å². The first-order valence-corrected chi connectivity index (χ1v) is 7.45. The summed E-state index contributed by atoms with van der Waals surface area (Å²) in [6.07, 6.45) is 3.55. The van der Waals surface area contributed by atoms with Crippen molar-refractivity contribution >= 4 is 5.78 Å². The van der Waals surface area contributed by atoms with Gasteiger partial charge in [-0.05, 0) is 29.2 Å². The molecule has 1 heteroatoms. The van der Waals surface area contributed by atoms with Crippen LogP contribution in [-0.4, -0.2) is 5.78 Å². The lowest BCUT2D eigenvalue weighted by Crippen LogP contribution is -2.07. The van der Waals surface area contributed by atoms with E-state index in [-0.39, 0.29) is 16.7 Å². The number of benzene rings is 1. The van der Waals surface area contributed by atoms with Crippen LogP contribution in [-0.2, 0) is 6.42 Å². The van der Waals surface area contributed by atoms with Crippen LogP contribution in [0.1, 0.15) is 63.4 Å². The molecule has 19 heavy (non-hydrogen) atoms. The summed E-state index contributed by atoms with van der Waals surface area (Å²) in [5.74, 6) is 0.485. The number of hydrogen-bond acceptors (Lipinski definition) is 1. The molecule has 0 N–H and O–H groups in total. The average molecular weight is 258 g/mol. The number of Topliss-reactive ketones (excluding diaryl/α,β-unsaturated/α-hetero) is 1. The minimum absolute atomic E-state index is 0.130. The number of ketones is 1. The van der Waals surface area contributed by atoms with Gasteiger partial charge in [0, 0.05) is 11.5 Å². The molecule has 0 atom stereocenters. The summed E-state index contributed by atoms with van der Waals surface area (Å²) in [4.78, 5) is 12.6. The van der Waals surface area contributed by atoms with E-state index in [2.05, 4.69) is 46.8 Å². The summed E-state index contributed by atoms with van der Waals surface area (Å²) in [5, 5.41) is 0. The predicted molar refractivity (Wildman–Crippen MR) is 80.4 cm³/mol. The Morgan fingerprint density at radius 1 is 1.05 bits per heavy atom. The van der Waals surface area contributed by atoms with Gasteiger partial charge in [-0.25, -0.2) is 0 Å². The molecule has 2 rings (SSSR count). The molecule has 104 valence electrons. The van der Waals surface area contributed by atoms with Gasteiger partial charge in [-0.1, -0.05) is 65.3 Å². The Labute approximate surface area is 117 Å². The lowest BCUT2D eigenvalue weighted by molar-refractivity contribution is 0.0945. The number of rotatable bonds is 5. The van der Waals surface area contributed by atoms with Crippen LogP contribution in [0.3, 0.4) is 0 Å². The van der Waals surface area contributed by atoms with Gasteiger partial charge in [0.2, 0.25) is 0 Å². The zero-order valence-electron chi connectivity index (χ0n) is 12.9. The highest BCUT2D eigenvalue weighted by molar-refractivity contribution is 6.01. The second-order valence-corrected chi connectivity index (χ2v) is 7.04. The van der Waals surface area contributed by atoms with E-state index in [1.165, 1.54) is 18.4 Å². The minimum atomic E-state index is 0.130. The van der Waals surface area contributed by atoms with Gasteiger partial charge in [0.1, 0.15) is 0 Å². The lowest BCUT2D eigenvalue weighted by atomic mass is 9.99. The fraction of sp³-hybridized carbons (Fsp3) is 0.611. The van der Waals surface area contributed by atoms with Crippen LogP contribution in [0.25, 0.3) is 0 Å². The minimum Gasteiger partial charge on any atom is -0.294 e. The maximum atomic E-state index is 12.6. The van der Waals surface area contributed by atoms with Crippen molar-refractivity contribution < 1.29 is 4.79 Å². The molecule has 0 saturated heterocycles. The molecule has 0 bridgehead atoms. The molecule has 1 aromatic carbocycles. The highest BCUT2D eigenvalue weighted by Gasteiger charge is 2.67. The van der Waals surface area contributed by atoms with Crippen molar-refractivity contribution in [2.24, 2.45) is 16.7 Å². The van der Waals surface area contributed by atoms with Crippen molar-refractivity contribution in [3.8, 4) is 0 Å². The van der Waals surface area contributed by atoms with Crippen LogP contribution >= 0.6 is 0 Å². The molecule has 1 aliphatic carbocycles. The summed E-state index contributed by atoms with van der Waals surface area (Å²) in [5.41, 5.74) is 2.48. The van der Waals surface area contributed by atoms with Crippen molar-refractivity contribution in [3.63, 3.8) is 0 Å². The summed E-state index contributed by atoms with van der Waals surface area (Å²) in [7, 11) is 0. The molecule has 1 aliphatic rings. The zero-order valence-corrected chi connectivity index (χ0v) is 12.9. The van der Waals surface area contributed by atoms with E-state index in [0.29, 0.717) is 5.78 Å². The quantitative estimate of drug-likeness (QED) is 0.687. The Morgan fingerprint density at radius 2 is 1.58 bits per heavy atom. The predicted octanol–water partition coefficient (Wildman–Crippen LogP) is 4.89. The monoisotopic (exact) mass is 258 g/mol. The van der Waals surface area contributed by atoms with Gasteiger partial charge in [0.25, 0.3) is 0 Å². The summed E-state index contributed by atoms with van der Waals surface area (Å²) >= 11 is 0. The van der Waals surface area contributed by atoms with E-state index in [0.717, 1.165) is 12.0 Å². The molecule has 0 amide bonds. The van der Waals surface area contributed by atoms with Crippen molar-refractivity contribution in [2.75, 3.05) is 0 Å². The van der Waals surface area contributed by atoms with Gasteiger partial charge in [-0.15, -0.1) is 0 Å². The van der Waals surface area contributed by atoms with Crippen molar-refractivity contribution in [1.29, 1.82) is 0 Å². The maximum Gasteiger partial charge on any atom is 0.167 e. The van der Waals surface area contributed by atoms with Gasteiger partial charge >= 0.3 is 0 Å². The topological polar surface area (TPSA) is 17.1 Å². The van der Waals surface area contributed by atoms with Crippen molar-refractivity contribution in [3.05, 3.63) is 35.4 Å². The average Bonchev–Trinajstić information content (AvgIpc) is 2.77. The summed E-state index contributed by atoms with van der Waals surface area (Å²) < 4.78 is 0. The number of carbonyl (C=O) groups is 1. The summed E-state index contributed by atoms with van der Waals surface area (Å²) in [6, 6.07) is 8.26. The third-order valence-corrected chi connectivity index (χ3v) is 5.34. The first-order valence-electron chi connectivity index (χ1n) is 7.45. The number of carbonyl (C=O) groups excluding carboxylic acids is 1. The maximum absolute atomic E-state index is 12.6. The van der Waals surface area contributed by atoms with E-state index in [1.54, 1.807) is 0 Å². The molecule has 0 aliphatic heterocycles. The Morgan fingerprint density at radius 3 is 2.00 bits per heavy atom. The molecular weight excluding hydrogens is 232 g/mol. The standard InChI is InChI=1S/C18H26O/c1-6-7-8-13-9-11-14(12-10-13)15(19)16-17(2,3)18(16,4)5/h9-12,16H,6-8H2,1-5H3. The van der Waals surface area contributed by atoms with E-state index in [1.807, 2.05) is 12.1 Å². The van der Waals surface area contributed by atoms with E-state index in [9.17, 15) is 4.79 Å². The molecule has 0 spiro atoms. The van der Waals surface area contributed by atoms with Crippen LogP contribution in [0.15, 0.2) is 24.3 Å². The molecule has 0 radical (unpaired) electrons. The second-order valence-electron chi connectivity index (χ2n) is 7.04. The molecule has 1 aromatic rings. The smallest absolute Gasteiger partial charge is 0.167 e. The van der Waals surface area contributed by atoms with Gasteiger partial charge in [-0.2, -0.15) is 0 Å². The third-order valence-electron chi connectivity index (χ3n) is 5.34. The van der Waals surface area contributed by atoms with Crippen molar-refractivity contribution in [1.82, 2.24) is 0 Å². The van der Waals surface area contributed by atoms with Gasteiger partial charge in [0.05, 0.1) is 0 Å². The molecule has 0 aromatic heterocycles. The fourth-order valence-electron chi connectivity index (χ4n) is 3.24.